The zero-order chi connectivity index (χ0) is 14.1. The Balaban J connectivity index is 1.92. The van der Waals surface area contributed by atoms with E-state index in [4.69, 9.17) is 10.5 Å². The summed E-state index contributed by atoms with van der Waals surface area (Å²) in [6.07, 6.45) is 0. The quantitative estimate of drug-likeness (QED) is 0.717. The summed E-state index contributed by atoms with van der Waals surface area (Å²) in [5, 5.41) is 6.75. The number of nitrogens with zero attached hydrogens (tertiary/aromatic N) is 3. The van der Waals surface area contributed by atoms with E-state index in [0.29, 0.717) is 12.5 Å². The maximum atomic E-state index is 5.93. The summed E-state index contributed by atoms with van der Waals surface area (Å²) in [5.74, 6) is 3.03. The fourth-order valence-electron chi connectivity index (χ4n) is 2.53. The van der Waals surface area contributed by atoms with Gasteiger partial charge in [-0.2, -0.15) is 9.97 Å². The molecule has 1 aromatic rings. The van der Waals surface area contributed by atoms with Crippen LogP contribution in [0.25, 0.3) is 0 Å². The van der Waals surface area contributed by atoms with Crippen LogP contribution in [0.4, 0.5) is 17.6 Å². The van der Waals surface area contributed by atoms with Crippen molar-refractivity contribution in [3.8, 4) is 5.75 Å². The van der Waals surface area contributed by atoms with Crippen LogP contribution >= 0.6 is 0 Å². The molecule has 0 aliphatic carbocycles. The fraction of sp³-hybridized carbons (Fsp3) is 0.692. The molecule has 0 aromatic carbocycles. The van der Waals surface area contributed by atoms with Crippen molar-refractivity contribution in [1.82, 2.24) is 15.3 Å². The number of hydrogen-bond acceptors (Lipinski definition) is 7. The number of hydrogen-bond donors (Lipinski definition) is 3. The molecule has 20 heavy (non-hydrogen) atoms. The van der Waals surface area contributed by atoms with Crippen LogP contribution in [0.2, 0.25) is 0 Å². The highest BCUT2D eigenvalue weighted by Gasteiger charge is 2.28. The molecule has 0 unspecified atom stereocenters. The minimum atomic E-state index is 0.257. The number of nitrogens with one attached hydrogen (secondary N) is 2. The average Bonchev–Trinajstić information content (AvgIpc) is 2.46. The summed E-state index contributed by atoms with van der Waals surface area (Å²) in [7, 11) is 0. The van der Waals surface area contributed by atoms with Crippen molar-refractivity contribution in [2.75, 3.05) is 48.7 Å². The van der Waals surface area contributed by atoms with Crippen LogP contribution in [0.5, 0.6) is 5.75 Å². The molecule has 4 N–H and O–H groups in total. The van der Waals surface area contributed by atoms with Crippen LogP contribution in [-0.2, 0) is 0 Å². The van der Waals surface area contributed by atoms with Crippen LogP contribution < -0.4 is 26.0 Å². The second-order valence-corrected chi connectivity index (χ2v) is 5.63. The zero-order valence-corrected chi connectivity index (χ0v) is 12.0. The van der Waals surface area contributed by atoms with Crippen LogP contribution in [0.1, 0.15) is 13.8 Å². The van der Waals surface area contributed by atoms with Gasteiger partial charge in [0.1, 0.15) is 6.61 Å². The first-order valence-electron chi connectivity index (χ1n) is 7.17. The molecule has 1 atom stereocenters. The molecule has 0 bridgehead atoms. The summed E-state index contributed by atoms with van der Waals surface area (Å²) >= 11 is 0. The van der Waals surface area contributed by atoms with Gasteiger partial charge in [-0.3, -0.25) is 0 Å². The number of anilines is 3. The second kappa shape index (κ2) is 5.32. The third-order valence-corrected chi connectivity index (χ3v) is 3.82. The zero-order valence-electron chi connectivity index (χ0n) is 12.0. The van der Waals surface area contributed by atoms with E-state index in [-0.39, 0.29) is 12.0 Å². The Labute approximate surface area is 118 Å². The van der Waals surface area contributed by atoms with Crippen molar-refractivity contribution in [3.05, 3.63) is 0 Å². The Morgan fingerprint density at radius 3 is 2.75 bits per heavy atom. The highest BCUT2D eigenvalue weighted by atomic mass is 16.5. The van der Waals surface area contributed by atoms with Gasteiger partial charge in [0.15, 0.2) is 11.6 Å². The van der Waals surface area contributed by atoms with E-state index in [0.717, 1.165) is 43.6 Å². The third-order valence-electron chi connectivity index (χ3n) is 3.82. The molecule has 0 spiro atoms. The Kier molecular flexibility index (Phi) is 3.52. The van der Waals surface area contributed by atoms with E-state index in [1.165, 1.54) is 0 Å². The molecule has 2 aliphatic heterocycles. The van der Waals surface area contributed by atoms with E-state index < -0.39 is 0 Å². The van der Waals surface area contributed by atoms with Crippen molar-refractivity contribution in [3.63, 3.8) is 0 Å². The molecule has 0 saturated carbocycles. The van der Waals surface area contributed by atoms with Gasteiger partial charge in [-0.1, -0.05) is 13.8 Å². The number of aromatic nitrogens is 2. The highest BCUT2D eigenvalue weighted by molar-refractivity contribution is 5.68. The predicted molar refractivity (Wildman–Crippen MR) is 79.3 cm³/mol. The number of fused-ring (bicyclic) bond motifs is 1. The van der Waals surface area contributed by atoms with Gasteiger partial charge in [0.25, 0.3) is 0 Å². The van der Waals surface area contributed by atoms with Gasteiger partial charge < -0.3 is 26.0 Å². The van der Waals surface area contributed by atoms with Crippen molar-refractivity contribution < 1.29 is 4.74 Å². The lowest BCUT2D eigenvalue weighted by Crippen LogP contribution is -2.45. The molecule has 1 saturated heterocycles. The van der Waals surface area contributed by atoms with Gasteiger partial charge in [-0.05, 0) is 5.92 Å². The minimum absolute atomic E-state index is 0.257. The van der Waals surface area contributed by atoms with E-state index in [1.54, 1.807) is 0 Å². The van der Waals surface area contributed by atoms with Gasteiger partial charge in [-0.25, -0.2) is 0 Å². The smallest absolute Gasteiger partial charge is 0.224 e. The first-order valence-corrected chi connectivity index (χ1v) is 7.17. The summed E-state index contributed by atoms with van der Waals surface area (Å²) < 4.78 is 5.93. The summed E-state index contributed by atoms with van der Waals surface area (Å²) in [6.45, 7) is 8.65. The molecule has 7 nitrogen and oxygen atoms in total. The topological polar surface area (TPSA) is 88.3 Å². The molecule has 110 valence electrons. The number of nitrogen functional groups attached to an aromatic ring is 1. The van der Waals surface area contributed by atoms with Crippen LogP contribution in [0.15, 0.2) is 0 Å². The van der Waals surface area contributed by atoms with Gasteiger partial charge in [-0.15, -0.1) is 0 Å². The van der Waals surface area contributed by atoms with E-state index in [9.17, 15) is 0 Å². The maximum absolute atomic E-state index is 5.93. The molecule has 1 aromatic heterocycles. The van der Waals surface area contributed by atoms with Crippen LogP contribution in [0.3, 0.4) is 0 Å². The number of ether oxygens (including phenoxy) is 1. The van der Waals surface area contributed by atoms with E-state index in [2.05, 4.69) is 39.3 Å². The first-order chi connectivity index (χ1) is 9.65. The normalized spacial score (nSPS) is 22.1. The van der Waals surface area contributed by atoms with Gasteiger partial charge >= 0.3 is 0 Å². The molecule has 0 radical (unpaired) electrons. The SMILES string of the molecule is CC(C)[C@@H]1COc2c(nc(N)nc2N2CCNCC2)N1. The largest absolute Gasteiger partial charge is 0.484 e. The minimum Gasteiger partial charge on any atom is -0.484 e. The van der Waals surface area contributed by atoms with Crippen molar-refractivity contribution in [1.29, 1.82) is 0 Å². The monoisotopic (exact) mass is 278 g/mol. The Bertz CT molecular complexity index is 486. The van der Waals surface area contributed by atoms with Crippen LogP contribution in [-0.4, -0.2) is 48.8 Å². The second-order valence-electron chi connectivity index (χ2n) is 5.63. The van der Waals surface area contributed by atoms with Crippen molar-refractivity contribution >= 4 is 17.6 Å². The molecule has 2 aliphatic rings. The standard InChI is InChI=1S/C13H22N6O/c1-8(2)9-7-20-10-11(16-9)17-13(14)18-12(10)19-5-3-15-4-6-19/h8-9,15H,3-7H2,1-2H3,(H3,14,16,17,18)/t9-/m0/s1. The highest BCUT2D eigenvalue weighted by Crippen LogP contribution is 2.37. The Hall–Kier alpha value is -1.76. The number of piperazine rings is 1. The molecule has 3 rings (SSSR count). The summed E-state index contributed by atoms with van der Waals surface area (Å²) in [4.78, 5) is 10.9. The number of rotatable bonds is 2. The summed E-state index contributed by atoms with van der Waals surface area (Å²) in [5.41, 5.74) is 5.85. The number of nitrogens with two attached hydrogens (primary N) is 1. The maximum Gasteiger partial charge on any atom is 0.224 e. The van der Waals surface area contributed by atoms with Crippen molar-refractivity contribution in [2.45, 2.75) is 19.9 Å². The lowest BCUT2D eigenvalue weighted by atomic mass is 10.0. The molecular weight excluding hydrogens is 256 g/mol. The van der Waals surface area contributed by atoms with Gasteiger partial charge in [0, 0.05) is 26.2 Å². The molecule has 7 heteroatoms. The lowest BCUT2D eigenvalue weighted by Gasteiger charge is -2.34. The molecular formula is C13H22N6O. The molecule has 0 amide bonds. The molecule has 3 heterocycles. The first kappa shape index (κ1) is 13.2. The summed E-state index contributed by atoms with van der Waals surface area (Å²) in [6, 6.07) is 0.257. The van der Waals surface area contributed by atoms with E-state index >= 15 is 0 Å². The average molecular weight is 278 g/mol. The third kappa shape index (κ3) is 2.45. The predicted octanol–water partition coefficient (Wildman–Crippen LogP) is 0.297. The fourth-order valence-corrected chi connectivity index (χ4v) is 2.53. The van der Waals surface area contributed by atoms with Crippen LogP contribution in [0, 0.1) is 5.92 Å². The van der Waals surface area contributed by atoms with Crippen molar-refractivity contribution in [2.24, 2.45) is 5.92 Å². The Morgan fingerprint density at radius 1 is 1.30 bits per heavy atom. The van der Waals surface area contributed by atoms with Gasteiger partial charge in [0.2, 0.25) is 11.7 Å². The van der Waals surface area contributed by atoms with E-state index in [1.807, 2.05) is 0 Å². The molecule has 1 fully saturated rings. The van der Waals surface area contributed by atoms with Gasteiger partial charge in [0.05, 0.1) is 6.04 Å². The Morgan fingerprint density at radius 2 is 2.05 bits per heavy atom. The lowest BCUT2D eigenvalue weighted by molar-refractivity contribution is 0.255.